The quantitative estimate of drug-likeness (QED) is 0.699. The Morgan fingerprint density at radius 1 is 1.12 bits per heavy atom. The number of ether oxygens (including phenoxy) is 1. The number of fused-ring (bicyclic) bond motifs is 1. The van der Waals surface area contributed by atoms with E-state index in [9.17, 15) is 0 Å². The van der Waals surface area contributed by atoms with E-state index in [4.69, 9.17) is 16.3 Å². The summed E-state index contributed by atoms with van der Waals surface area (Å²) in [5, 5.41) is 9.05. The number of aromatic nitrogens is 2. The lowest BCUT2D eigenvalue weighted by Gasteiger charge is -2.20. The van der Waals surface area contributed by atoms with Crippen molar-refractivity contribution < 1.29 is 4.74 Å². The SMILES string of the molecule is CC1CCCN1CCCOc1ccc(-c2nnc(Cl)c3c2CCC3)cc1. The van der Waals surface area contributed by atoms with Crippen LogP contribution in [0.1, 0.15) is 43.7 Å². The second-order valence-electron chi connectivity index (χ2n) is 7.40. The highest BCUT2D eigenvalue weighted by atomic mass is 35.5. The summed E-state index contributed by atoms with van der Waals surface area (Å²) in [5.74, 6) is 0.918. The molecule has 1 aliphatic carbocycles. The topological polar surface area (TPSA) is 38.2 Å². The van der Waals surface area contributed by atoms with E-state index in [-0.39, 0.29) is 0 Å². The van der Waals surface area contributed by atoms with E-state index in [1.165, 1.54) is 30.5 Å². The molecular weight excluding hydrogens is 346 g/mol. The first kappa shape index (κ1) is 17.7. The molecule has 2 aromatic rings. The monoisotopic (exact) mass is 371 g/mol. The first-order valence-electron chi connectivity index (χ1n) is 9.73. The fourth-order valence-corrected chi connectivity index (χ4v) is 4.42. The minimum atomic E-state index is 0.563. The van der Waals surface area contributed by atoms with Crippen LogP contribution >= 0.6 is 11.6 Å². The second-order valence-corrected chi connectivity index (χ2v) is 7.76. The molecule has 0 N–H and O–H groups in total. The zero-order valence-electron chi connectivity index (χ0n) is 15.4. The standard InChI is InChI=1S/C21H26ClN3O/c1-15-5-3-12-25(15)13-4-14-26-17-10-8-16(9-11-17)20-18-6-2-7-19(18)21(22)24-23-20/h8-11,15H,2-7,12-14H2,1H3. The molecule has 0 radical (unpaired) electrons. The Morgan fingerprint density at radius 3 is 2.69 bits per heavy atom. The predicted octanol–water partition coefficient (Wildman–Crippen LogP) is 4.54. The van der Waals surface area contributed by atoms with Crippen LogP contribution in [-0.4, -0.2) is 40.8 Å². The number of benzene rings is 1. The zero-order chi connectivity index (χ0) is 17.9. The van der Waals surface area contributed by atoms with Crippen molar-refractivity contribution in [3.8, 4) is 17.0 Å². The maximum Gasteiger partial charge on any atom is 0.155 e. The molecule has 0 spiro atoms. The van der Waals surface area contributed by atoms with Crippen molar-refractivity contribution in [3.63, 3.8) is 0 Å². The Bertz CT molecular complexity index is 763. The molecule has 4 nitrogen and oxygen atoms in total. The summed E-state index contributed by atoms with van der Waals surface area (Å²) in [4.78, 5) is 2.56. The Kier molecular flexibility index (Phi) is 5.41. The van der Waals surface area contributed by atoms with Crippen molar-refractivity contribution in [1.29, 1.82) is 0 Å². The third kappa shape index (κ3) is 3.72. The summed E-state index contributed by atoms with van der Waals surface area (Å²) in [6.07, 6.45) is 6.91. The van der Waals surface area contributed by atoms with Gasteiger partial charge in [0.15, 0.2) is 5.15 Å². The van der Waals surface area contributed by atoms with Gasteiger partial charge in [-0.05, 0) is 87.4 Å². The third-order valence-electron chi connectivity index (χ3n) is 5.67. The van der Waals surface area contributed by atoms with Crippen LogP contribution in [0.25, 0.3) is 11.3 Å². The van der Waals surface area contributed by atoms with Crippen molar-refractivity contribution >= 4 is 11.6 Å². The molecule has 138 valence electrons. The van der Waals surface area contributed by atoms with Crippen LogP contribution in [0.2, 0.25) is 5.15 Å². The van der Waals surface area contributed by atoms with Crippen molar-refractivity contribution in [2.45, 2.75) is 51.5 Å². The summed E-state index contributed by atoms with van der Waals surface area (Å²) >= 11 is 6.18. The summed E-state index contributed by atoms with van der Waals surface area (Å²) in [7, 11) is 0. The van der Waals surface area contributed by atoms with E-state index in [0.29, 0.717) is 5.15 Å². The average Bonchev–Trinajstić information content (AvgIpc) is 3.30. The van der Waals surface area contributed by atoms with Gasteiger partial charge < -0.3 is 9.64 Å². The van der Waals surface area contributed by atoms with Crippen LogP contribution in [0, 0.1) is 0 Å². The Morgan fingerprint density at radius 2 is 1.92 bits per heavy atom. The maximum absolute atomic E-state index is 6.18. The van der Waals surface area contributed by atoms with E-state index >= 15 is 0 Å². The molecule has 2 aliphatic rings. The van der Waals surface area contributed by atoms with Gasteiger partial charge in [0.1, 0.15) is 5.75 Å². The highest BCUT2D eigenvalue weighted by Crippen LogP contribution is 2.34. The lowest BCUT2D eigenvalue weighted by Crippen LogP contribution is -2.28. The van der Waals surface area contributed by atoms with E-state index in [0.717, 1.165) is 61.9 Å². The van der Waals surface area contributed by atoms with Gasteiger partial charge in [0, 0.05) is 18.2 Å². The molecule has 1 fully saturated rings. The van der Waals surface area contributed by atoms with E-state index in [1.807, 2.05) is 12.1 Å². The van der Waals surface area contributed by atoms with Gasteiger partial charge in [0.25, 0.3) is 0 Å². The first-order valence-corrected chi connectivity index (χ1v) is 10.1. The molecule has 1 aromatic heterocycles. The molecule has 0 bridgehead atoms. The lowest BCUT2D eigenvalue weighted by atomic mass is 10.0. The Hall–Kier alpha value is -1.65. The molecule has 26 heavy (non-hydrogen) atoms. The summed E-state index contributed by atoms with van der Waals surface area (Å²) in [6.45, 7) is 5.45. The van der Waals surface area contributed by atoms with Gasteiger partial charge in [-0.2, -0.15) is 0 Å². The van der Waals surface area contributed by atoms with Crippen molar-refractivity contribution in [2.75, 3.05) is 19.7 Å². The van der Waals surface area contributed by atoms with Crippen LogP contribution in [0.5, 0.6) is 5.75 Å². The Balaban J connectivity index is 1.35. The molecule has 1 aromatic carbocycles. The van der Waals surface area contributed by atoms with Crippen LogP contribution in [-0.2, 0) is 12.8 Å². The summed E-state index contributed by atoms with van der Waals surface area (Å²) < 4.78 is 5.92. The molecular formula is C21H26ClN3O. The predicted molar refractivity (Wildman–Crippen MR) is 105 cm³/mol. The van der Waals surface area contributed by atoms with Crippen molar-refractivity contribution in [3.05, 3.63) is 40.5 Å². The minimum Gasteiger partial charge on any atom is -0.494 e. The maximum atomic E-state index is 6.18. The number of hydrogen-bond donors (Lipinski definition) is 0. The average molecular weight is 372 g/mol. The van der Waals surface area contributed by atoms with Gasteiger partial charge >= 0.3 is 0 Å². The highest BCUT2D eigenvalue weighted by molar-refractivity contribution is 6.30. The first-order chi connectivity index (χ1) is 12.7. The van der Waals surface area contributed by atoms with Crippen molar-refractivity contribution in [2.24, 2.45) is 0 Å². The van der Waals surface area contributed by atoms with E-state index in [1.54, 1.807) is 0 Å². The van der Waals surface area contributed by atoms with Gasteiger partial charge in [-0.15, -0.1) is 10.2 Å². The fourth-order valence-electron chi connectivity index (χ4n) is 4.17. The van der Waals surface area contributed by atoms with Gasteiger partial charge in [-0.1, -0.05) is 11.6 Å². The molecule has 0 saturated carbocycles. The lowest BCUT2D eigenvalue weighted by molar-refractivity contribution is 0.230. The molecule has 1 atom stereocenters. The Labute approximate surface area is 160 Å². The summed E-state index contributed by atoms with van der Waals surface area (Å²) in [5.41, 5.74) is 4.49. The molecule has 2 heterocycles. The van der Waals surface area contributed by atoms with Gasteiger partial charge in [0.05, 0.1) is 12.3 Å². The molecule has 4 rings (SSSR count). The fraction of sp³-hybridized carbons (Fsp3) is 0.524. The van der Waals surface area contributed by atoms with Crippen LogP contribution in [0.3, 0.4) is 0 Å². The number of likely N-dealkylation sites (tertiary alicyclic amines) is 1. The van der Waals surface area contributed by atoms with Crippen LogP contribution in [0.4, 0.5) is 0 Å². The number of halogens is 1. The zero-order valence-corrected chi connectivity index (χ0v) is 16.1. The second kappa shape index (κ2) is 7.93. The third-order valence-corrected chi connectivity index (χ3v) is 5.97. The van der Waals surface area contributed by atoms with Crippen molar-refractivity contribution in [1.82, 2.24) is 15.1 Å². The van der Waals surface area contributed by atoms with E-state index < -0.39 is 0 Å². The minimum absolute atomic E-state index is 0.563. The van der Waals surface area contributed by atoms with E-state index in [2.05, 4.69) is 34.2 Å². The molecule has 5 heteroatoms. The van der Waals surface area contributed by atoms with Crippen LogP contribution in [0.15, 0.2) is 24.3 Å². The molecule has 1 unspecified atom stereocenters. The number of hydrogen-bond acceptors (Lipinski definition) is 4. The normalized spacial score (nSPS) is 19.7. The molecule has 1 saturated heterocycles. The largest absolute Gasteiger partial charge is 0.494 e. The van der Waals surface area contributed by atoms with Gasteiger partial charge in [0.2, 0.25) is 0 Å². The number of rotatable bonds is 6. The highest BCUT2D eigenvalue weighted by Gasteiger charge is 2.21. The van der Waals surface area contributed by atoms with Gasteiger partial charge in [-0.25, -0.2) is 0 Å². The molecule has 1 aliphatic heterocycles. The molecule has 0 amide bonds. The smallest absolute Gasteiger partial charge is 0.155 e. The van der Waals surface area contributed by atoms with Gasteiger partial charge in [-0.3, -0.25) is 0 Å². The number of nitrogens with zero attached hydrogens (tertiary/aromatic N) is 3. The summed E-state index contributed by atoms with van der Waals surface area (Å²) in [6, 6.07) is 8.95. The van der Waals surface area contributed by atoms with Crippen LogP contribution < -0.4 is 4.74 Å².